The van der Waals surface area contributed by atoms with Crippen LogP contribution in [-0.2, 0) is 15.3 Å². The van der Waals surface area contributed by atoms with Gasteiger partial charge in [-0.25, -0.2) is 0 Å². The van der Waals surface area contributed by atoms with E-state index >= 15 is 0 Å². The molecule has 1 atom stereocenters. The van der Waals surface area contributed by atoms with E-state index in [2.05, 4.69) is 10.2 Å². The second kappa shape index (κ2) is 7.14. The summed E-state index contributed by atoms with van der Waals surface area (Å²) in [7, 11) is 0. The molecule has 0 unspecified atom stereocenters. The standard InChI is InChI=1S/C13H16N2O4S/c1-3-17-12(16)7-9(2)20-8-11-14-15-13(19-11)10-5-4-6-18-10/h4-6,9H,3,7-8H2,1-2H3/t9-/m1/s1. The van der Waals surface area contributed by atoms with Crippen LogP contribution >= 0.6 is 11.8 Å². The topological polar surface area (TPSA) is 78.4 Å². The van der Waals surface area contributed by atoms with Crippen LogP contribution < -0.4 is 0 Å². The molecule has 0 aliphatic heterocycles. The number of thioether (sulfide) groups is 1. The molecule has 20 heavy (non-hydrogen) atoms. The minimum Gasteiger partial charge on any atom is -0.466 e. The SMILES string of the molecule is CCOC(=O)C[C@@H](C)SCc1nnc(-c2ccco2)o1. The summed E-state index contributed by atoms with van der Waals surface area (Å²) in [6.45, 7) is 4.17. The van der Waals surface area contributed by atoms with Gasteiger partial charge in [-0.2, -0.15) is 0 Å². The van der Waals surface area contributed by atoms with E-state index in [1.807, 2.05) is 6.92 Å². The number of carbonyl (C=O) groups is 1. The van der Waals surface area contributed by atoms with E-state index in [1.54, 1.807) is 37.1 Å². The maximum Gasteiger partial charge on any atom is 0.306 e. The first-order valence-corrected chi connectivity index (χ1v) is 7.37. The molecule has 0 N–H and O–H groups in total. The molecule has 2 rings (SSSR count). The van der Waals surface area contributed by atoms with Crippen LogP contribution in [0.1, 0.15) is 26.2 Å². The third-order valence-electron chi connectivity index (χ3n) is 2.45. The second-order valence-electron chi connectivity index (χ2n) is 4.11. The monoisotopic (exact) mass is 296 g/mol. The van der Waals surface area contributed by atoms with E-state index < -0.39 is 0 Å². The van der Waals surface area contributed by atoms with E-state index in [-0.39, 0.29) is 11.2 Å². The van der Waals surface area contributed by atoms with Crippen molar-refractivity contribution >= 4 is 17.7 Å². The van der Waals surface area contributed by atoms with Crippen molar-refractivity contribution in [1.29, 1.82) is 0 Å². The van der Waals surface area contributed by atoms with Crippen molar-refractivity contribution in [2.45, 2.75) is 31.3 Å². The van der Waals surface area contributed by atoms with Crippen molar-refractivity contribution in [3.63, 3.8) is 0 Å². The molecular weight excluding hydrogens is 280 g/mol. The van der Waals surface area contributed by atoms with Gasteiger partial charge in [-0.15, -0.1) is 22.0 Å². The number of esters is 1. The van der Waals surface area contributed by atoms with Crippen molar-refractivity contribution in [1.82, 2.24) is 10.2 Å². The molecule has 0 spiro atoms. The number of carbonyl (C=O) groups excluding carboxylic acids is 1. The van der Waals surface area contributed by atoms with Crippen LogP contribution in [0, 0.1) is 0 Å². The van der Waals surface area contributed by atoms with Crippen LogP contribution in [0.4, 0.5) is 0 Å². The van der Waals surface area contributed by atoms with E-state index in [9.17, 15) is 4.79 Å². The lowest BCUT2D eigenvalue weighted by Crippen LogP contribution is -2.10. The van der Waals surface area contributed by atoms with Crippen molar-refractivity contribution < 1.29 is 18.4 Å². The Morgan fingerprint density at radius 2 is 2.35 bits per heavy atom. The lowest BCUT2D eigenvalue weighted by molar-refractivity contribution is -0.142. The minimum absolute atomic E-state index is 0.132. The molecule has 0 aliphatic carbocycles. The Morgan fingerprint density at radius 3 is 3.05 bits per heavy atom. The molecule has 0 amide bonds. The summed E-state index contributed by atoms with van der Waals surface area (Å²) in [5.41, 5.74) is 0. The molecule has 6 nitrogen and oxygen atoms in total. The summed E-state index contributed by atoms with van der Waals surface area (Å²) in [5, 5.41) is 7.99. The first-order chi connectivity index (χ1) is 9.69. The number of aromatic nitrogens is 2. The predicted octanol–water partition coefficient (Wildman–Crippen LogP) is 2.90. The van der Waals surface area contributed by atoms with E-state index in [0.717, 1.165) is 0 Å². The molecule has 7 heteroatoms. The molecule has 0 aliphatic rings. The summed E-state index contributed by atoms with van der Waals surface area (Å²) in [4.78, 5) is 11.3. The maximum atomic E-state index is 11.3. The molecule has 0 aromatic carbocycles. The highest BCUT2D eigenvalue weighted by Crippen LogP contribution is 2.23. The Balaban J connectivity index is 1.81. The molecular formula is C13H16N2O4S. The van der Waals surface area contributed by atoms with Gasteiger partial charge in [0.05, 0.1) is 25.0 Å². The van der Waals surface area contributed by atoms with E-state index in [4.69, 9.17) is 13.6 Å². The number of furan rings is 1. The van der Waals surface area contributed by atoms with Gasteiger partial charge in [-0.05, 0) is 19.1 Å². The van der Waals surface area contributed by atoms with Gasteiger partial charge in [-0.3, -0.25) is 4.79 Å². The third-order valence-corrected chi connectivity index (χ3v) is 3.60. The van der Waals surface area contributed by atoms with Gasteiger partial charge < -0.3 is 13.6 Å². The van der Waals surface area contributed by atoms with Gasteiger partial charge in [0.1, 0.15) is 0 Å². The molecule has 0 fully saturated rings. The fourth-order valence-electron chi connectivity index (χ4n) is 1.54. The highest BCUT2D eigenvalue weighted by atomic mass is 32.2. The molecule has 108 valence electrons. The fourth-order valence-corrected chi connectivity index (χ4v) is 2.34. The molecule has 2 aromatic rings. The van der Waals surface area contributed by atoms with Crippen molar-refractivity contribution in [3.8, 4) is 11.7 Å². The van der Waals surface area contributed by atoms with Gasteiger partial charge in [0.2, 0.25) is 5.89 Å². The molecule has 0 radical (unpaired) electrons. The summed E-state index contributed by atoms with van der Waals surface area (Å²) in [6.07, 6.45) is 1.92. The van der Waals surface area contributed by atoms with Gasteiger partial charge in [0.15, 0.2) is 5.76 Å². The Kier molecular flexibility index (Phi) is 5.23. The van der Waals surface area contributed by atoms with Crippen molar-refractivity contribution in [2.24, 2.45) is 0 Å². The average Bonchev–Trinajstić information content (AvgIpc) is 3.07. The summed E-state index contributed by atoms with van der Waals surface area (Å²) >= 11 is 1.57. The summed E-state index contributed by atoms with van der Waals surface area (Å²) < 4.78 is 15.6. The molecule has 0 bridgehead atoms. The largest absolute Gasteiger partial charge is 0.466 e. The van der Waals surface area contributed by atoms with Crippen LogP contribution in [0.25, 0.3) is 11.7 Å². The van der Waals surface area contributed by atoms with Gasteiger partial charge in [-0.1, -0.05) is 6.92 Å². The zero-order valence-corrected chi connectivity index (χ0v) is 12.2. The first kappa shape index (κ1) is 14.6. The van der Waals surface area contributed by atoms with Crippen molar-refractivity contribution in [2.75, 3.05) is 6.61 Å². The predicted molar refractivity (Wildman–Crippen MR) is 74.0 cm³/mol. The third kappa shape index (κ3) is 4.12. The first-order valence-electron chi connectivity index (χ1n) is 6.32. The number of ether oxygens (including phenoxy) is 1. The Morgan fingerprint density at radius 1 is 1.50 bits per heavy atom. The molecule has 2 aromatic heterocycles. The normalized spacial score (nSPS) is 12.3. The Hall–Kier alpha value is -1.76. The smallest absolute Gasteiger partial charge is 0.306 e. The lowest BCUT2D eigenvalue weighted by atomic mass is 10.3. The zero-order chi connectivity index (χ0) is 14.4. The maximum absolute atomic E-state index is 11.3. The van der Waals surface area contributed by atoms with E-state index in [1.165, 1.54) is 0 Å². The fraction of sp³-hybridized carbons (Fsp3) is 0.462. The quantitative estimate of drug-likeness (QED) is 0.727. The molecule has 0 saturated heterocycles. The van der Waals surface area contributed by atoms with Crippen LogP contribution in [-0.4, -0.2) is 28.0 Å². The zero-order valence-electron chi connectivity index (χ0n) is 11.4. The summed E-state index contributed by atoms with van der Waals surface area (Å²) in [5.74, 6) is 1.79. The van der Waals surface area contributed by atoms with Crippen LogP contribution in [0.3, 0.4) is 0 Å². The highest BCUT2D eigenvalue weighted by molar-refractivity contribution is 7.99. The summed E-state index contributed by atoms with van der Waals surface area (Å²) in [6, 6.07) is 3.52. The Labute approximate surface area is 120 Å². The minimum atomic E-state index is -0.186. The number of hydrogen-bond acceptors (Lipinski definition) is 7. The van der Waals surface area contributed by atoms with Gasteiger partial charge in [0, 0.05) is 5.25 Å². The second-order valence-corrected chi connectivity index (χ2v) is 5.54. The average molecular weight is 296 g/mol. The number of nitrogens with zero attached hydrogens (tertiary/aromatic N) is 2. The van der Waals surface area contributed by atoms with E-state index in [0.29, 0.717) is 36.3 Å². The van der Waals surface area contributed by atoms with Crippen LogP contribution in [0.5, 0.6) is 0 Å². The van der Waals surface area contributed by atoms with Gasteiger partial charge >= 0.3 is 5.97 Å². The molecule has 2 heterocycles. The lowest BCUT2D eigenvalue weighted by Gasteiger charge is -2.08. The number of rotatable bonds is 7. The van der Waals surface area contributed by atoms with Crippen LogP contribution in [0.15, 0.2) is 27.2 Å². The number of hydrogen-bond donors (Lipinski definition) is 0. The highest BCUT2D eigenvalue weighted by Gasteiger charge is 2.14. The molecule has 0 saturated carbocycles. The van der Waals surface area contributed by atoms with Crippen molar-refractivity contribution in [3.05, 3.63) is 24.3 Å². The van der Waals surface area contributed by atoms with Crippen LogP contribution in [0.2, 0.25) is 0 Å². The Bertz CT molecular complexity index is 538. The van der Waals surface area contributed by atoms with Gasteiger partial charge in [0.25, 0.3) is 5.89 Å².